The number of benzene rings is 7. The Morgan fingerprint density at radius 1 is 0.370 bits per heavy atom. The maximum absolute atomic E-state index is 2.49. The molecule has 7 aromatic rings. The molecule has 0 bridgehead atoms. The smallest absolute Gasteiger partial charge is 0.0159 e. The maximum Gasteiger partial charge on any atom is 0.0159 e. The molecule has 0 aliphatic heterocycles. The zero-order chi connectivity index (χ0) is 31.2. The third kappa shape index (κ3) is 3.74. The molecule has 2 aliphatic rings. The van der Waals surface area contributed by atoms with Gasteiger partial charge in [0, 0.05) is 10.8 Å². The van der Waals surface area contributed by atoms with Crippen molar-refractivity contribution >= 4 is 33.2 Å². The largest absolute Gasteiger partial charge is 0.0622 e. The summed E-state index contributed by atoms with van der Waals surface area (Å²) in [7, 11) is 0. The molecule has 0 fully saturated rings. The molecular weight excluding hydrogens is 553 g/mol. The van der Waals surface area contributed by atoms with Crippen molar-refractivity contribution in [1.82, 2.24) is 0 Å². The summed E-state index contributed by atoms with van der Waals surface area (Å²) >= 11 is 0. The molecule has 7 aromatic carbocycles. The molecule has 220 valence electrons. The van der Waals surface area contributed by atoms with Gasteiger partial charge >= 0.3 is 0 Å². The summed E-state index contributed by atoms with van der Waals surface area (Å²) in [4.78, 5) is 0. The Morgan fingerprint density at radius 3 is 1.76 bits per heavy atom. The van der Waals surface area contributed by atoms with Crippen LogP contribution in [0.4, 0.5) is 0 Å². The van der Waals surface area contributed by atoms with E-state index in [0.29, 0.717) is 0 Å². The molecule has 0 saturated carbocycles. The topological polar surface area (TPSA) is 0 Å². The normalized spacial score (nSPS) is 15.4. The van der Waals surface area contributed by atoms with E-state index in [0.717, 1.165) is 0 Å². The van der Waals surface area contributed by atoms with E-state index in [1.807, 2.05) is 0 Å². The Morgan fingerprint density at radius 2 is 0.978 bits per heavy atom. The van der Waals surface area contributed by atoms with Crippen molar-refractivity contribution in [3.05, 3.63) is 167 Å². The lowest BCUT2D eigenvalue weighted by molar-refractivity contribution is 0.660. The number of allylic oxidation sites excluding steroid dienone is 1. The first-order valence-electron chi connectivity index (χ1n) is 16.4. The van der Waals surface area contributed by atoms with Crippen LogP contribution in [0.1, 0.15) is 55.5 Å². The average Bonchev–Trinajstić information content (AvgIpc) is 3.49. The maximum atomic E-state index is 2.49. The van der Waals surface area contributed by atoms with Gasteiger partial charge in [0.1, 0.15) is 0 Å². The second kappa shape index (κ2) is 9.65. The molecule has 0 heteroatoms. The van der Waals surface area contributed by atoms with E-state index in [2.05, 4.69) is 173 Å². The molecule has 2 aliphatic carbocycles. The van der Waals surface area contributed by atoms with Gasteiger partial charge in [-0.3, -0.25) is 0 Å². The molecular formula is C46H36. The van der Waals surface area contributed by atoms with Gasteiger partial charge in [-0.15, -0.1) is 0 Å². The number of fused-ring (bicyclic) bond motifs is 6. The van der Waals surface area contributed by atoms with E-state index in [1.54, 1.807) is 0 Å². The van der Waals surface area contributed by atoms with Crippen LogP contribution in [0.5, 0.6) is 0 Å². The molecule has 0 heterocycles. The van der Waals surface area contributed by atoms with Crippen LogP contribution in [-0.4, -0.2) is 0 Å². The highest BCUT2D eigenvalue weighted by molar-refractivity contribution is 6.21. The van der Waals surface area contributed by atoms with Gasteiger partial charge in [0.2, 0.25) is 0 Å². The quantitative estimate of drug-likeness (QED) is 0.180. The van der Waals surface area contributed by atoms with Crippen molar-refractivity contribution in [2.75, 3.05) is 0 Å². The number of rotatable bonds is 3. The Bertz CT molecular complexity index is 2400. The van der Waals surface area contributed by atoms with Gasteiger partial charge in [-0.25, -0.2) is 0 Å². The minimum atomic E-state index is -0.116. The van der Waals surface area contributed by atoms with Crippen LogP contribution in [0, 0.1) is 0 Å². The predicted molar refractivity (Wildman–Crippen MR) is 197 cm³/mol. The molecule has 0 amide bonds. The minimum absolute atomic E-state index is 0.0624. The van der Waals surface area contributed by atoms with Crippen LogP contribution in [0.2, 0.25) is 0 Å². The Balaban J connectivity index is 1.38. The molecule has 46 heavy (non-hydrogen) atoms. The molecule has 0 unspecified atom stereocenters. The van der Waals surface area contributed by atoms with E-state index >= 15 is 0 Å². The zero-order valence-corrected chi connectivity index (χ0v) is 26.9. The monoisotopic (exact) mass is 588 g/mol. The molecule has 0 atom stereocenters. The van der Waals surface area contributed by atoms with E-state index in [-0.39, 0.29) is 10.8 Å². The summed E-state index contributed by atoms with van der Waals surface area (Å²) in [5.74, 6) is 0. The summed E-state index contributed by atoms with van der Waals surface area (Å²) in [6.45, 7) is 9.52. The van der Waals surface area contributed by atoms with Gasteiger partial charge in [-0.05, 0) is 107 Å². The van der Waals surface area contributed by atoms with Crippen LogP contribution in [0.3, 0.4) is 0 Å². The predicted octanol–water partition coefficient (Wildman–Crippen LogP) is 12.5. The summed E-state index contributed by atoms with van der Waals surface area (Å²) in [6, 6.07) is 52.1. The molecule has 0 radical (unpaired) electrons. The number of hydrogen-bond acceptors (Lipinski definition) is 0. The summed E-state index contributed by atoms with van der Waals surface area (Å²) in [5.41, 5.74) is 15.9. The Hall–Kier alpha value is -5.20. The van der Waals surface area contributed by atoms with Crippen LogP contribution in [-0.2, 0) is 10.8 Å². The molecule has 0 aromatic heterocycles. The average molecular weight is 589 g/mol. The van der Waals surface area contributed by atoms with Gasteiger partial charge in [0.15, 0.2) is 0 Å². The van der Waals surface area contributed by atoms with Crippen molar-refractivity contribution in [3.8, 4) is 33.4 Å². The van der Waals surface area contributed by atoms with Crippen molar-refractivity contribution in [3.63, 3.8) is 0 Å². The fourth-order valence-electron chi connectivity index (χ4n) is 8.51. The van der Waals surface area contributed by atoms with Gasteiger partial charge in [-0.1, -0.05) is 155 Å². The lowest BCUT2D eigenvalue weighted by Gasteiger charge is -2.28. The van der Waals surface area contributed by atoms with E-state index in [4.69, 9.17) is 0 Å². The summed E-state index contributed by atoms with van der Waals surface area (Å²) < 4.78 is 0. The fraction of sp³-hybridized carbons (Fsp3) is 0.130. The van der Waals surface area contributed by atoms with Crippen LogP contribution in [0.15, 0.2) is 140 Å². The van der Waals surface area contributed by atoms with Gasteiger partial charge in [0.25, 0.3) is 0 Å². The lowest BCUT2D eigenvalue weighted by Crippen LogP contribution is -2.17. The first kappa shape index (κ1) is 27.1. The third-order valence-electron chi connectivity index (χ3n) is 10.9. The first-order chi connectivity index (χ1) is 22.3. The molecule has 0 nitrogen and oxygen atoms in total. The van der Waals surface area contributed by atoms with Crippen LogP contribution in [0.25, 0.3) is 66.6 Å². The van der Waals surface area contributed by atoms with E-state index in [1.165, 1.54) is 88.3 Å². The second-order valence-corrected chi connectivity index (χ2v) is 14.1. The first-order valence-corrected chi connectivity index (χ1v) is 16.4. The Labute approximate surface area is 271 Å². The summed E-state index contributed by atoms with van der Waals surface area (Å²) in [5, 5.41) is 5.23. The minimum Gasteiger partial charge on any atom is -0.0622 e. The van der Waals surface area contributed by atoms with Crippen molar-refractivity contribution in [2.45, 2.75) is 38.5 Å². The second-order valence-electron chi connectivity index (χ2n) is 14.1. The van der Waals surface area contributed by atoms with Crippen molar-refractivity contribution in [1.29, 1.82) is 0 Å². The molecule has 9 rings (SSSR count). The molecule has 0 saturated heterocycles. The van der Waals surface area contributed by atoms with Crippen molar-refractivity contribution in [2.24, 2.45) is 0 Å². The highest BCUT2D eigenvalue weighted by atomic mass is 14.4. The standard InChI is InChI=1S/C46H36/c1-45(2)39-20-12-8-16-31(39)27-42(45)44-36-19-10-9-18-35(36)43(38-26-30(22-25-37(38)44)29-14-6-5-7-15-29)32-23-24-34-33-17-11-13-21-40(33)46(3,4)41(34)28-32/h5-28H,1-4H3. The summed E-state index contributed by atoms with van der Waals surface area (Å²) in [6.07, 6.45) is 2.44. The third-order valence-corrected chi connectivity index (χ3v) is 10.9. The Kier molecular flexibility index (Phi) is 5.69. The van der Waals surface area contributed by atoms with Gasteiger partial charge < -0.3 is 0 Å². The van der Waals surface area contributed by atoms with Crippen molar-refractivity contribution < 1.29 is 0 Å². The molecule has 0 spiro atoms. The van der Waals surface area contributed by atoms with Gasteiger partial charge in [0.05, 0.1) is 0 Å². The van der Waals surface area contributed by atoms with Crippen LogP contribution < -0.4 is 0 Å². The highest BCUT2D eigenvalue weighted by Gasteiger charge is 2.37. The SMILES string of the molecule is CC1(C)C(c2c3ccccc3c(-c3ccc4c(c3)C(C)(C)c3ccccc3-4)c3cc(-c4ccccc4)ccc23)=Cc2ccccc21. The number of hydrogen-bond donors (Lipinski definition) is 0. The van der Waals surface area contributed by atoms with Crippen LogP contribution >= 0.6 is 0 Å². The zero-order valence-electron chi connectivity index (χ0n) is 26.9. The van der Waals surface area contributed by atoms with E-state index < -0.39 is 0 Å². The highest BCUT2D eigenvalue weighted by Crippen LogP contribution is 2.54. The van der Waals surface area contributed by atoms with Gasteiger partial charge in [-0.2, -0.15) is 0 Å². The molecule has 0 N–H and O–H groups in total. The van der Waals surface area contributed by atoms with E-state index in [9.17, 15) is 0 Å². The fourth-order valence-corrected chi connectivity index (χ4v) is 8.51. The lowest BCUT2D eigenvalue weighted by atomic mass is 9.75.